The summed E-state index contributed by atoms with van der Waals surface area (Å²) in [6.07, 6.45) is 1.36. The normalized spacial score (nSPS) is 22.6. The van der Waals surface area contributed by atoms with Crippen LogP contribution in [-0.4, -0.2) is 36.3 Å². The Morgan fingerprint density at radius 1 is 1.07 bits per heavy atom. The van der Waals surface area contributed by atoms with E-state index < -0.39 is 40.1 Å². The number of pyridine rings is 2. The molecule has 3 atom stereocenters. The van der Waals surface area contributed by atoms with Crippen LogP contribution in [0.4, 0.5) is 33.5 Å². The number of aliphatic imine (C=N–C) groups is 1. The molecule has 14 heteroatoms. The van der Waals surface area contributed by atoms with Crippen LogP contribution in [0.1, 0.15) is 32.0 Å². The molecule has 8 nitrogen and oxygen atoms in total. The second kappa shape index (κ2) is 10.7. The quantitative estimate of drug-likeness (QED) is 0.249. The number of amidine groups is 1. The van der Waals surface area contributed by atoms with E-state index >= 15 is 4.39 Å². The van der Waals surface area contributed by atoms with Crippen molar-refractivity contribution in [3.05, 3.63) is 77.6 Å². The SMILES string of the molecule is C[C@H]1[C@@](C)(c2cc(Nc3nccc4nc(OCc5ncccc5F)cnc34)cc(F)c2F)N=C(N)S[C@]1(C)C(F)F. The predicted molar refractivity (Wildman–Crippen MR) is 146 cm³/mol. The molecular weight excluding hydrogens is 565 g/mol. The number of benzene rings is 1. The maximum atomic E-state index is 15.2. The highest BCUT2D eigenvalue weighted by atomic mass is 32.2. The van der Waals surface area contributed by atoms with E-state index in [-0.39, 0.29) is 45.9 Å². The number of fused-ring (bicyclic) bond motifs is 1. The number of hydrogen-bond donors (Lipinski definition) is 2. The number of anilines is 2. The zero-order chi connectivity index (χ0) is 29.5. The monoisotopic (exact) mass is 589 g/mol. The zero-order valence-corrected chi connectivity index (χ0v) is 22.8. The number of nitrogens with two attached hydrogens (primary N) is 1. The second-order valence-corrected chi connectivity index (χ2v) is 11.3. The topological polar surface area (TPSA) is 111 Å². The van der Waals surface area contributed by atoms with Crippen molar-refractivity contribution in [2.24, 2.45) is 16.6 Å². The summed E-state index contributed by atoms with van der Waals surface area (Å²) in [5.41, 5.74) is 4.85. The standard InChI is InChI=1S/C27H24F5N7OS/c1-13-26(2,39-25(33)41-27(13,3)24(31)32)15-9-14(10-17(29)21(15)30)37-23-22-18(6-8-35-23)38-20(11-36-22)40-12-19-16(28)5-4-7-34-19/h4-11,13,24H,12H2,1-3H3,(H2,33,39)(H,35,37)/t13-,26-,27-/m0/s1. The van der Waals surface area contributed by atoms with E-state index in [4.69, 9.17) is 10.5 Å². The Kier molecular flexibility index (Phi) is 7.45. The zero-order valence-electron chi connectivity index (χ0n) is 22.0. The van der Waals surface area contributed by atoms with Crippen LogP contribution in [0.25, 0.3) is 11.0 Å². The highest BCUT2D eigenvalue weighted by Crippen LogP contribution is 2.53. The molecule has 0 fully saturated rings. The Morgan fingerprint density at radius 3 is 2.59 bits per heavy atom. The molecule has 1 aliphatic heterocycles. The lowest BCUT2D eigenvalue weighted by molar-refractivity contribution is 0.0571. The smallest absolute Gasteiger partial charge is 0.253 e. The molecule has 0 saturated carbocycles. The van der Waals surface area contributed by atoms with Crippen LogP contribution in [-0.2, 0) is 12.1 Å². The molecule has 1 aromatic carbocycles. The van der Waals surface area contributed by atoms with Gasteiger partial charge >= 0.3 is 0 Å². The lowest BCUT2D eigenvalue weighted by Crippen LogP contribution is -2.52. The number of ether oxygens (including phenoxy) is 1. The molecule has 214 valence electrons. The Labute approximate surface area is 235 Å². The minimum absolute atomic E-state index is 0.0748. The second-order valence-electron chi connectivity index (χ2n) is 9.81. The molecule has 0 saturated heterocycles. The summed E-state index contributed by atoms with van der Waals surface area (Å²) < 4.78 is 76.0. The Bertz CT molecular complexity index is 1660. The largest absolute Gasteiger partial charge is 0.470 e. The van der Waals surface area contributed by atoms with Crippen LogP contribution in [0.3, 0.4) is 0 Å². The van der Waals surface area contributed by atoms with Crippen LogP contribution in [0.15, 0.2) is 53.9 Å². The number of alkyl halides is 2. The maximum Gasteiger partial charge on any atom is 0.253 e. The number of nitrogens with one attached hydrogen (secondary N) is 1. The summed E-state index contributed by atoms with van der Waals surface area (Å²) in [4.78, 5) is 21.1. The van der Waals surface area contributed by atoms with Crippen LogP contribution in [0.5, 0.6) is 5.88 Å². The van der Waals surface area contributed by atoms with Crippen molar-refractivity contribution < 1.29 is 26.7 Å². The molecule has 41 heavy (non-hydrogen) atoms. The van der Waals surface area contributed by atoms with Crippen LogP contribution < -0.4 is 15.8 Å². The first-order valence-corrected chi connectivity index (χ1v) is 13.2. The van der Waals surface area contributed by atoms with E-state index in [0.29, 0.717) is 17.3 Å². The molecule has 0 spiro atoms. The number of nitrogens with zero attached hydrogens (tertiary/aromatic N) is 5. The van der Waals surface area contributed by atoms with Crippen LogP contribution >= 0.6 is 11.8 Å². The first-order valence-electron chi connectivity index (χ1n) is 12.4. The summed E-state index contributed by atoms with van der Waals surface area (Å²) >= 11 is 0.712. The van der Waals surface area contributed by atoms with E-state index in [9.17, 15) is 17.6 Å². The van der Waals surface area contributed by atoms with Crippen molar-refractivity contribution in [2.45, 2.75) is 44.1 Å². The molecule has 1 aliphatic rings. The van der Waals surface area contributed by atoms with Gasteiger partial charge in [0.15, 0.2) is 22.6 Å². The molecule has 3 aromatic heterocycles. The van der Waals surface area contributed by atoms with Crippen molar-refractivity contribution >= 4 is 39.5 Å². The van der Waals surface area contributed by atoms with E-state index in [1.165, 1.54) is 57.6 Å². The van der Waals surface area contributed by atoms with Gasteiger partial charge in [-0.25, -0.2) is 36.9 Å². The van der Waals surface area contributed by atoms with Crippen LogP contribution in [0, 0.1) is 23.4 Å². The first-order chi connectivity index (χ1) is 19.4. The van der Waals surface area contributed by atoms with Crippen molar-refractivity contribution in [1.29, 1.82) is 0 Å². The predicted octanol–water partition coefficient (Wildman–Crippen LogP) is 6.10. The third-order valence-corrected chi connectivity index (χ3v) is 8.54. The summed E-state index contributed by atoms with van der Waals surface area (Å²) in [5.74, 6) is -3.63. The molecule has 4 aromatic rings. The highest BCUT2D eigenvalue weighted by molar-refractivity contribution is 8.15. The molecule has 0 unspecified atom stereocenters. The van der Waals surface area contributed by atoms with E-state index in [2.05, 4.69) is 30.2 Å². The van der Waals surface area contributed by atoms with Crippen molar-refractivity contribution in [2.75, 3.05) is 5.32 Å². The minimum Gasteiger partial charge on any atom is -0.470 e. The average Bonchev–Trinajstić information content (AvgIpc) is 2.93. The van der Waals surface area contributed by atoms with Crippen LogP contribution in [0.2, 0.25) is 0 Å². The lowest BCUT2D eigenvalue weighted by Gasteiger charge is -2.46. The van der Waals surface area contributed by atoms with Gasteiger partial charge in [-0.2, -0.15) is 0 Å². The molecule has 0 bridgehead atoms. The molecule has 0 aliphatic carbocycles. The molecule has 0 radical (unpaired) electrons. The van der Waals surface area contributed by atoms with Gasteiger partial charge in [0.2, 0.25) is 5.88 Å². The fourth-order valence-corrected chi connectivity index (χ4v) is 5.85. The first kappa shape index (κ1) is 28.5. The van der Waals surface area contributed by atoms with Gasteiger partial charge in [0.1, 0.15) is 23.6 Å². The molecule has 4 heterocycles. The fourth-order valence-electron chi connectivity index (χ4n) is 4.67. The van der Waals surface area contributed by atoms with E-state index in [1.807, 2.05) is 0 Å². The average molecular weight is 590 g/mol. The van der Waals surface area contributed by atoms with Gasteiger partial charge in [0.25, 0.3) is 6.43 Å². The summed E-state index contributed by atoms with van der Waals surface area (Å²) in [6, 6.07) is 6.49. The van der Waals surface area contributed by atoms with Gasteiger partial charge in [0, 0.05) is 35.6 Å². The summed E-state index contributed by atoms with van der Waals surface area (Å²) in [5, 5.41) is 2.76. The van der Waals surface area contributed by atoms with Crippen molar-refractivity contribution in [1.82, 2.24) is 19.9 Å². The third kappa shape index (κ3) is 5.23. The number of thioether (sulfide) groups is 1. The van der Waals surface area contributed by atoms with Gasteiger partial charge in [-0.05, 0) is 38.1 Å². The van der Waals surface area contributed by atoms with Gasteiger partial charge in [-0.1, -0.05) is 18.7 Å². The number of hydrogen-bond acceptors (Lipinski definition) is 9. The van der Waals surface area contributed by atoms with Crippen molar-refractivity contribution in [3.8, 4) is 5.88 Å². The number of halogens is 5. The minimum atomic E-state index is -2.81. The van der Waals surface area contributed by atoms with E-state index in [1.54, 1.807) is 6.07 Å². The fraction of sp³-hybridized carbons (Fsp3) is 0.296. The summed E-state index contributed by atoms with van der Waals surface area (Å²) in [7, 11) is 0. The Balaban J connectivity index is 1.47. The van der Waals surface area contributed by atoms with Gasteiger partial charge in [0.05, 0.1) is 22.0 Å². The molecular formula is C27H24F5N7OS. The van der Waals surface area contributed by atoms with Gasteiger partial charge in [-0.15, -0.1) is 0 Å². The Morgan fingerprint density at radius 2 is 1.85 bits per heavy atom. The lowest BCUT2D eigenvalue weighted by atomic mass is 9.73. The van der Waals surface area contributed by atoms with E-state index in [0.717, 1.165) is 6.07 Å². The number of aromatic nitrogens is 4. The maximum absolute atomic E-state index is 15.2. The summed E-state index contributed by atoms with van der Waals surface area (Å²) in [6.45, 7) is 4.11. The molecule has 3 N–H and O–H groups in total. The highest BCUT2D eigenvalue weighted by Gasteiger charge is 2.54. The number of rotatable bonds is 7. The Hall–Kier alpha value is -4.07. The van der Waals surface area contributed by atoms with Gasteiger partial charge in [-0.3, -0.25) is 9.98 Å². The molecule has 5 rings (SSSR count). The van der Waals surface area contributed by atoms with Gasteiger partial charge < -0.3 is 15.8 Å². The van der Waals surface area contributed by atoms with Crippen molar-refractivity contribution in [3.63, 3.8) is 0 Å². The third-order valence-electron chi connectivity index (χ3n) is 7.27. The molecule has 0 amide bonds.